The first-order chi connectivity index (χ1) is 14.2. The Morgan fingerprint density at radius 1 is 1.20 bits per heavy atom. The van der Waals surface area contributed by atoms with Gasteiger partial charge in [-0.2, -0.15) is 0 Å². The molecular weight excluding hydrogens is 390 g/mol. The van der Waals surface area contributed by atoms with Gasteiger partial charge in [0.1, 0.15) is 11.6 Å². The predicted molar refractivity (Wildman–Crippen MR) is 106 cm³/mol. The number of rotatable bonds is 3. The van der Waals surface area contributed by atoms with E-state index in [1.54, 1.807) is 32.9 Å². The number of nitrogens with zero attached hydrogens (tertiary/aromatic N) is 1. The molecule has 4 rings (SSSR count). The summed E-state index contributed by atoms with van der Waals surface area (Å²) in [6, 6.07) is 4.38. The van der Waals surface area contributed by atoms with Gasteiger partial charge in [-0.05, 0) is 63.6 Å². The highest BCUT2D eigenvalue weighted by Gasteiger charge is 2.55. The SMILES string of the molecule is COC(=O)[C@@H]1C[C@@H]2CC[C@@H]([C@@H](O)c3ccc4c(c3)OCO4)[C@@H]2N1C(=O)OC(C)(C)C. The van der Waals surface area contributed by atoms with Crippen LogP contribution in [0.1, 0.15) is 51.7 Å². The fraction of sp³-hybridized carbons (Fsp3) is 0.636. The van der Waals surface area contributed by atoms with Gasteiger partial charge in [-0.15, -0.1) is 0 Å². The van der Waals surface area contributed by atoms with Crippen LogP contribution in [0.5, 0.6) is 11.5 Å². The van der Waals surface area contributed by atoms with E-state index in [9.17, 15) is 14.7 Å². The van der Waals surface area contributed by atoms with Gasteiger partial charge in [0.15, 0.2) is 11.5 Å². The molecule has 0 aromatic heterocycles. The van der Waals surface area contributed by atoms with E-state index in [1.165, 1.54) is 12.0 Å². The maximum absolute atomic E-state index is 13.1. The summed E-state index contributed by atoms with van der Waals surface area (Å²) in [5.41, 5.74) is 0.00966. The lowest BCUT2D eigenvalue weighted by molar-refractivity contribution is -0.146. The molecule has 30 heavy (non-hydrogen) atoms. The molecule has 1 aromatic rings. The fourth-order valence-electron chi connectivity index (χ4n) is 4.99. The fourth-order valence-corrected chi connectivity index (χ4v) is 4.99. The number of hydrogen-bond donors (Lipinski definition) is 1. The van der Waals surface area contributed by atoms with Crippen LogP contribution in [-0.2, 0) is 14.3 Å². The molecule has 8 nitrogen and oxygen atoms in total. The average Bonchev–Trinajstić information content (AvgIpc) is 3.38. The van der Waals surface area contributed by atoms with E-state index in [4.69, 9.17) is 18.9 Å². The molecule has 0 bridgehead atoms. The first-order valence-electron chi connectivity index (χ1n) is 10.4. The van der Waals surface area contributed by atoms with Gasteiger partial charge in [-0.1, -0.05) is 6.07 Å². The Kier molecular flexibility index (Phi) is 5.30. The van der Waals surface area contributed by atoms with Gasteiger partial charge < -0.3 is 24.1 Å². The maximum Gasteiger partial charge on any atom is 0.411 e. The molecular formula is C22H29NO7. The van der Waals surface area contributed by atoms with Crippen molar-refractivity contribution in [2.24, 2.45) is 11.8 Å². The van der Waals surface area contributed by atoms with Crippen LogP contribution in [0.25, 0.3) is 0 Å². The van der Waals surface area contributed by atoms with E-state index in [0.717, 1.165) is 12.8 Å². The van der Waals surface area contributed by atoms with E-state index in [0.29, 0.717) is 23.5 Å². The van der Waals surface area contributed by atoms with Crippen LogP contribution < -0.4 is 9.47 Å². The van der Waals surface area contributed by atoms with Gasteiger partial charge in [0.05, 0.1) is 13.2 Å². The highest BCUT2D eigenvalue weighted by atomic mass is 16.7. The van der Waals surface area contributed by atoms with Gasteiger partial charge in [-0.3, -0.25) is 4.90 Å². The lowest BCUT2D eigenvalue weighted by Gasteiger charge is -2.35. The van der Waals surface area contributed by atoms with Crippen LogP contribution in [0, 0.1) is 11.8 Å². The van der Waals surface area contributed by atoms with Crippen LogP contribution in [-0.4, -0.2) is 53.7 Å². The van der Waals surface area contributed by atoms with Gasteiger partial charge in [0, 0.05) is 12.0 Å². The minimum atomic E-state index is -0.809. The molecule has 1 saturated heterocycles. The molecule has 2 aliphatic heterocycles. The number of aliphatic hydroxyl groups is 1. The minimum Gasteiger partial charge on any atom is -0.467 e. The molecule has 2 heterocycles. The summed E-state index contributed by atoms with van der Waals surface area (Å²) in [6.07, 6.45) is 0.731. The summed E-state index contributed by atoms with van der Waals surface area (Å²) in [5.74, 6) is 0.681. The topological polar surface area (TPSA) is 94.5 Å². The average molecular weight is 419 g/mol. The van der Waals surface area contributed by atoms with Gasteiger partial charge in [0.25, 0.3) is 0 Å². The van der Waals surface area contributed by atoms with E-state index in [-0.39, 0.29) is 24.7 Å². The molecule has 1 aromatic carbocycles. The number of ether oxygens (including phenoxy) is 4. The third kappa shape index (κ3) is 3.69. The number of carbonyl (C=O) groups is 2. The zero-order chi connectivity index (χ0) is 21.6. The summed E-state index contributed by atoms with van der Waals surface area (Å²) >= 11 is 0. The normalized spacial score (nSPS) is 28.2. The number of carbonyl (C=O) groups excluding carboxylic acids is 2. The second kappa shape index (κ2) is 7.65. The molecule has 164 valence electrons. The molecule has 1 aliphatic carbocycles. The van der Waals surface area contributed by atoms with Crippen LogP contribution in [0.2, 0.25) is 0 Å². The quantitative estimate of drug-likeness (QED) is 0.753. The minimum absolute atomic E-state index is 0.107. The third-order valence-electron chi connectivity index (χ3n) is 6.20. The Hall–Kier alpha value is -2.48. The number of benzene rings is 1. The van der Waals surface area contributed by atoms with Crippen molar-refractivity contribution in [3.63, 3.8) is 0 Å². The van der Waals surface area contributed by atoms with Crippen LogP contribution >= 0.6 is 0 Å². The summed E-state index contributed by atoms with van der Waals surface area (Å²) in [5, 5.41) is 11.2. The van der Waals surface area contributed by atoms with Gasteiger partial charge >= 0.3 is 12.1 Å². The zero-order valence-corrected chi connectivity index (χ0v) is 17.8. The molecule has 0 radical (unpaired) electrons. The number of amides is 1. The van der Waals surface area contributed by atoms with Crippen molar-refractivity contribution >= 4 is 12.1 Å². The van der Waals surface area contributed by atoms with Crippen molar-refractivity contribution in [2.45, 2.75) is 63.8 Å². The summed E-state index contributed by atoms with van der Waals surface area (Å²) in [6.45, 7) is 5.54. The summed E-state index contributed by atoms with van der Waals surface area (Å²) in [4.78, 5) is 27.0. The molecule has 1 saturated carbocycles. The number of aliphatic hydroxyl groups excluding tert-OH is 1. The van der Waals surface area contributed by atoms with Crippen molar-refractivity contribution in [3.8, 4) is 11.5 Å². The number of esters is 1. The highest BCUT2D eigenvalue weighted by Crippen LogP contribution is 2.50. The number of methoxy groups -OCH3 is 1. The summed E-state index contributed by atoms with van der Waals surface area (Å²) < 4.78 is 21.4. The highest BCUT2D eigenvalue weighted by molar-refractivity contribution is 5.82. The summed E-state index contributed by atoms with van der Waals surface area (Å²) in [7, 11) is 1.32. The maximum atomic E-state index is 13.1. The molecule has 2 fully saturated rings. The monoisotopic (exact) mass is 419 g/mol. The Morgan fingerprint density at radius 3 is 2.63 bits per heavy atom. The Labute approximate surface area is 176 Å². The van der Waals surface area contributed by atoms with Gasteiger partial charge in [0.2, 0.25) is 6.79 Å². The van der Waals surface area contributed by atoms with E-state index in [1.807, 2.05) is 6.07 Å². The second-order valence-electron chi connectivity index (χ2n) is 9.21. The zero-order valence-electron chi connectivity index (χ0n) is 17.8. The van der Waals surface area contributed by atoms with Crippen molar-refractivity contribution in [3.05, 3.63) is 23.8 Å². The van der Waals surface area contributed by atoms with E-state index < -0.39 is 29.8 Å². The van der Waals surface area contributed by atoms with E-state index >= 15 is 0 Å². The van der Waals surface area contributed by atoms with Gasteiger partial charge in [-0.25, -0.2) is 9.59 Å². The lowest BCUT2D eigenvalue weighted by Crippen LogP contribution is -2.50. The predicted octanol–water partition coefficient (Wildman–Crippen LogP) is 3.03. The van der Waals surface area contributed by atoms with Crippen molar-refractivity contribution in [2.75, 3.05) is 13.9 Å². The first-order valence-corrected chi connectivity index (χ1v) is 10.4. The smallest absolute Gasteiger partial charge is 0.411 e. The lowest BCUT2D eigenvalue weighted by atomic mass is 9.89. The van der Waals surface area contributed by atoms with Crippen molar-refractivity contribution < 1.29 is 33.6 Å². The van der Waals surface area contributed by atoms with Crippen molar-refractivity contribution in [1.29, 1.82) is 0 Å². The number of fused-ring (bicyclic) bond motifs is 2. The standard InChI is InChI=1S/C22H29NO7/c1-22(2,3)30-21(26)23-15(20(25)27-4)9-12-5-7-14(18(12)23)19(24)13-6-8-16-17(10-13)29-11-28-16/h6,8,10,12,14-15,18-19,24H,5,7,9,11H2,1-4H3/t12-,14+,15-,18+,19-/m0/s1. The molecule has 0 unspecified atom stereocenters. The Bertz CT molecular complexity index is 833. The molecule has 5 atom stereocenters. The van der Waals surface area contributed by atoms with Crippen molar-refractivity contribution in [1.82, 2.24) is 4.90 Å². The van der Waals surface area contributed by atoms with Crippen LogP contribution in [0.3, 0.4) is 0 Å². The first kappa shape index (κ1) is 20.8. The molecule has 1 N–H and O–H groups in total. The van der Waals surface area contributed by atoms with Crippen LogP contribution in [0.15, 0.2) is 18.2 Å². The second-order valence-corrected chi connectivity index (χ2v) is 9.21. The number of hydrogen-bond acceptors (Lipinski definition) is 7. The Balaban J connectivity index is 1.62. The van der Waals surface area contributed by atoms with Crippen LogP contribution in [0.4, 0.5) is 4.79 Å². The molecule has 1 amide bonds. The largest absolute Gasteiger partial charge is 0.467 e. The molecule has 3 aliphatic rings. The molecule has 8 heteroatoms. The number of likely N-dealkylation sites (tertiary alicyclic amines) is 1. The van der Waals surface area contributed by atoms with E-state index in [2.05, 4.69) is 0 Å². The third-order valence-corrected chi connectivity index (χ3v) is 6.20. The molecule has 0 spiro atoms. The Morgan fingerprint density at radius 2 is 1.93 bits per heavy atom.